The molecule has 18 heavy (non-hydrogen) atoms. The first-order chi connectivity index (χ1) is 8.52. The first-order valence-corrected chi connectivity index (χ1v) is 5.75. The summed E-state index contributed by atoms with van der Waals surface area (Å²) in [4.78, 5) is 15.0. The number of pyridine rings is 1. The lowest BCUT2D eigenvalue weighted by molar-refractivity contribution is -0.136. The van der Waals surface area contributed by atoms with Crippen molar-refractivity contribution in [2.75, 3.05) is 7.11 Å². The van der Waals surface area contributed by atoms with Gasteiger partial charge in [0.05, 0.1) is 13.5 Å². The monoisotopic (exact) mass is 265 g/mol. The van der Waals surface area contributed by atoms with Crippen LogP contribution in [-0.2, 0) is 11.2 Å². The SMILES string of the molecule is COc1ccc(C)c2cc(CC(=O)O)c(Cl)nc12. The highest BCUT2D eigenvalue weighted by molar-refractivity contribution is 6.30. The third-order valence-corrected chi connectivity index (χ3v) is 3.08. The topological polar surface area (TPSA) is 59.4 Å². The van der Waals surface area contributed by atoms with Crippen molar-refractivity contribution in [2.45, 2.75) is 13.3 Å². The number of carboxylic acid groups (broad SMARTS) is 1. The zero-order chi connectivity index (χ0) is 13.3. The lowest BCUT2D eigenvalue weighted by Gasteiger charge is -2.09. The molecule has 0 amide bonds. The second kappa shape index (κ2) is 4.82. The van der Waals surface area contributed by atoms with E-state index in [0.717, 1.165) is 10.9 Å². The van der Waals surface area contributed by atoms with Gasteiger partial charge in [0, 0.05) is 10.9 Å². The standard InChI is InChI=1S/C13H12ClNO3/c1-7-3-4-10(18-2)12-9(7)5-8(6-11(16)17)13(14)15-12/h3-5H,6H2,1-2H3,(H,16,17). The molecule has 0 saturated carbocycles. The molecule has 0 radical (unpaired) electrons. The Kier molecular flexibility index (Phi) is 3.39. The lowest BCUT2D eigenvalue weighted by atomic mass is 10.1. The van der Waals surface area contributed by atoms with Gasteiger partial charge in [-0.25, -0.2) is 4.98 Å². The van der Waals surface area contributed by atoms with E-state index in [1.54, 1.807) is 13.2 Å². The number of rotatable bonds is 3. The number of fused-ring (bicyclic) bond motifs is 1. The predicted octanol–water partition coefficient (Wildman–Crippen LogP) is 2.83. The largest absolute Gasteiger partial charge is 0.494 e. The molecular formula is C13H12ClNO3. The minimum atomic E-state index is -0.932. The van der Waals surface area contributed by atoms with Crippen LogP contribution >= 0.6 is 11.6 Å². The molecule has 0 bridgehead atoms. The number of hydrogen-bond donors (Lipinski definition) is 1. The van der Waals surface area contributed by atoms with Gasteiger partial charge in [-0.05, 0) is 24.6 Å². The molecule has 5 heteroatoms. The fourth-order valence-electron chi connectivity index (χ4n) is 1.84. The summed E-state index contributed by atoms with van der Waals surface area (Å²) in [6, 6.07) is 5.48. The fourth-order valence-corrected chi connectivity index (χ4v) is 2.05. The minimum absolute atomic E-state index is 0.140. The molecule has 0 aliphatic rings. The quantitative estimate of drug-likeness (QED) is 0.867. The zero-order valence-electron chi connectivity index (χ0n) is 10.0. The van der Waals surface area contributed by atoms with Crippen LogP contribution in [0.4, 0.5) is 0 Å². The van der Waals surface area contributed by atoms with E-state index < -0.39 is 5.97 Å². The molecule has 0 fully saturated rings. The van der Waals surface area contributed by atoms with E-state index in [0.29, 0.717) is 16.8 Å². The fraction of sp³-hybridized carbons (Fsp3) is 0.231. The van der Waals surface area contributed by atoms with Gasteiger partial charge in [-0.2, -0.15) is 0 Å². The van der Waals surface area contributed by atoms with Crippen LogP contribution in [0.25, 0.3) is 10.9 Å². The van der Waals surface area contributed by atoms with Crippen LogP contribution in [0.1, 0.15) is 11.1 Å². The highest BCUT2D eigenvalue weighted by Gasteiger charge is 2.12. The molecule has 0 unspecified atom stereocenters. The van der Waals surface area contributed by atoms with Crippen LogP contribution < -0.4 is 4.74 Å². The van der Waals surface area contributed by atoms with Gasteiger partial charge in [0.15, 0.2) is 0 Å². The second-order valence-electron chi connectivity index (χ2n) is 3.99. The van der Waals surface area contributed by atoms with Gasteiger partial charge in [-0.3, -0.25) is 4.79 Å². The number of ether oxygens (including phenoxy) is 1. The Morgan fingerprint density at radius 2 is 2.22 bits per heavy atom. The molecule has 2 aromatic rings. The predicted molar refractivity (Wildman–Crippen MR) is 69.4 cm³/mol. The van der Waals surface area contributed by atoms with E-state index in [4.69, 9.17) is 21.4 Å². The number of methoxy groups -OCH3 is 1. The lowest BCUT2D eigenvalue weighted by Crippen LogP contribution is -2.02. The van der Waals surface area contributed by atoms with Crippen molar-refractivity contribution in [2.24, 2.45) is 0 Å². The van der Waals surface area contributed by atoms with Crippen molar-refractivity contribution in [1.29, 1.82) is 0 Å². The van der Waals surface area contributed by atoms with Gasteiger partial charge in [0.1, 0.15) is 16.4 Å². The zero-order valence-corrected chi connectivity index (χ0v) is 10.8. The molecule has 0 spiro atoms. The van der Waals surface area contributed by atoms with Gasteiger partial charge in [0.25, 0.3) is 0 Å². The Bertz CT molecular complexity index is 625. The molecule has 4 nitrogen and oxygen atoms in total. The van der Waals surface area contributed by atoms with E-state index in [-0.39, 0.29) is 11.6 Å². The number of aryl methyl sites for hydroxylation is 1. The van der Waals surface area contributed by atoms with E-state index in [2.05, 4.69) is 4.98 Å². The van der Waals surface area contributed by atoms with Crippen LogP contribution in [0, 0.1) is 6.92 Å². The summed E-state index contributed by atoms with van der Waals surface area (Å²) in [7, 11) is 1.56. The number of hydrogen-bond acceptors (Lipinski definition) is 3. The van der Waals surface area contributed by atoms with Crippen molar-refractivity contribution in [3.8, 4) is 5.75 Å². The molecular weight excluding hydrogens is 254 g/mol. The van der Waals surface area contributed by atoms with Crippen molar-refractivity contribution in [1.82, 2.24) is 4.98 Å². The Balaban J connectivity index is 2.70. The summed E-state index contributed by atoms with van der Waals surface area (Å²) in [6.07, 6.45) is -0.140. The maximum absolute atomic E-state index is 10.8. The number of halogens is 1. The molecule has 0 aliphatic carbocycles. The van der Waals surface area contributed by atoms with Crippen LogP contribution in [0.5, 0.6) is 5.75 Å². The summed E-state index contributed by atoms with van der Waals surface area (Å²) in [5.41, 5.74) is 2.16. The number of nitrogens with zero attached hydrogens (tertiary/aromatic N) is 1. The first kappa shape index (κ1) is 12.6. The summed E-state index contributed by atoms with van der Waals surface area (Å²) in [5.74, 6) is -0.307. The minimum Gasteiger partial charge on any atom is -0.494 e. The van der Waals surface area contributed by atoms with E-state index in [9.17, 15) is 4.79 Å². The third kappa shape index (κ3) is 2.24. The normalized spacial score (nSPS) is 10.6. The maximum Gasteiger partial charge on any atom is 0.307 e. The van der Waals surface area contributed by atoms with Gasteiger partial charge in [-0.1, -0.05) is 17.7 Å². The van der Waals surface area contributed by atoms with Crippen molar-refractivity contribution in [3.05, 3.63) is 34.5 Å². The molecule has 1 aromatic heterocycles. The summed E-state index contributed by atoms with van der Waals surface area (Å²) < 4.78 is 5.22. The average molecular weight is 266 g/mol. The van der Waals surface area contributed by atoms with Gasteiger partial charge < -0.3 is 9.84 Å². The Labute approximate surface area is 109 Å². The number of carbonyl (C=O) groups is 1. The number of aromatic nitrogens is 1. The van der Waals surface area contributed by atoms with Crippen LogP contribution in [0.15, 0.2) is 18.2 Å². The molecule has 1 aromatic carbocycles. The first-order valence-electron chi connectivity index (χ1n) is 5.37. The Hall–Kier alpha value is -1.81. The Morgan fingerprint density at radius 1 is 1.50 bits per heavy atom. The number of benzene rings is 1. The number of aliphatic carboxylic acids is 1. The summed E-state index contributed by atoms with van der Waals surface area (Å²) in [6.45, 7) is 1.93. The third-order valence-electron chi connectivity index (χ3n) is 2.75. The molecule has 1 heterocycles. The molecule has 1 N–H and O–H groups in total. The average Bonchev–Trinajstić information content (AvgIpc) is 2.31. The number of carboxylic acids is 1. The van der Waals surface area contributed by atoms with Crippen molar-refractivity contribution >= 4 is 28.5 Å². The van der Waals surface area contributed by atoms with E-state index in [1.165, 1.54) is 0 Å². The van der Waals surface area contributed by atoms with Crippen molar-refractivity contribution < 1.29 is 14.6 Å². The second-order valence-corrected chi connectivity index (χ2v) is 4.35. The molecule has 0 saturated heterocycles. The van der Waals surface area contributed by atoms with E-state index in [1.807, 2.05) is 19.1 Å². The maximum atomic E-state index is 10.8. The van der Waals surface area contributed by atoms with Gasteiger partial charge in [-0.15, -0.1) is 0 Å². The summed E-state index contributed by atoms with van der Waals surface area (Å²) >= 11 is 6.00. The van der Waals surface area contributed by atoms with Gasteiger partial charge in [0.2, 0.25) is 0 Å². The van der Waals surface area contributed by atoms with E-state index >= 15 is 0 Å². The van der Waals surface area contributed by atoms with Crippen LogP contribution in [-0.4, -0.2) is 23.2 Å². The van der Waals surface area contributed by atoms with Gasteiger partial charge >= 0.3 is 5.97 Å². The van der Waals surface area contributed by atoms with Crippen molar-refractivity contribution in [3.63, 3.8) is 0 Å². The van der Waals surface area contributed by atoms with Crippen LogP contribution in [0.2, 0.25) is 5.15 Å². The molecule has 0 atom stereocenters. The molecule has 2 rings (SSSR count). The van der Waals surface area contributed by atoms with Crippen LogP contribution in [0.3, 0.4) is 0 Å². The molecule has 0 aliphatic heterocycles. The highest BCUT2D eigenvalue weighted by Crippen LogP contribution is 2.30. The smallest absolute Gasteiger partial charge is 0.307 e. The Morgan fingerprint density at radius 3 is 2.83 bits per heavy atom. The summed E-state index contributed by atoms with van der Waals surface area (Å²) in [5, 5.41) is 9.88. The highest BCUT2D eigenvalue weighted by atomic mass is 35.5. The molecule has 94 valence electrons.